The third-order valence-corrected chi connectivity index (χ3v) is 4.53. The van der Waals surface area contributed by atoms with Crippen molar-refractivity contribution in [1.82, 2.24) is 4.90 Å². The number of amides is 1. The average Bonchev–Trinajstić information content (AvgIpc) is 3.19. The van der Waals surface area contributed by atoms with Crippen LogP contribution in [0.25, 0.3) is 0 Å². The molecule has 0 unspecified atom stereocenters. The van der Waals surface area contributed by atoms with Gasteiger partial charge in [0.05, 0.1) is 25.0 Å². The molecule has 1 aliphatic heterocycles. The number of para-hydroxylation sites is 1. The van der Waals surface area contributed by atoms with Crippen LogP contribution in [0.3, 0.4) is 0 Å². The highest BCUT2D eigenvalue weighted by Crippen LogP contribution is 2.37. The van der Waals surface area contributed by atoms with E-state index in [-0.39, 0.29) is 11.7 Å². The van der Waals surface area contributed by atoms with Gasteiger partial charge in [-0.25, -0.2) is 0 Å². The highest BCUT2D eigenvalue weighted by Gasteiger charge is 2.33. The number of anilines is 1. The van der Waals surface area contributed by atoms with Crippen molar-refractivity contribution < 1.29 is 19.1 Å². The van der Waals surface area contributed by atoms with Gasteiger partial charge in [-0.15, -0.1) is 0 Å². The highest BCUT2D eigenvalue weighted by atomic mass is 16.5. The molecule has 27 heavy (non-hydrogen) atoms. The minimum atomic E-state index is -0.419. The van der Waals surface area contributed by atoms with Crippen LogP contribution in [0.5, 0.6) is 11.5 Å². The molecule has 2 heterocycles. The van der Waals surface area contributed by atoms with Gasteiger partial charge in [0, 0.05) is 5.69 Å². The summed E-state index contributed by atoms with van der Waals surface area (Å²) < 4.78 is 11.0. The molecule has 1 atom stereocenters. The van der Waals surface area contributed by atoms with E-state index in [9.17, 15) is 9.90 Å². The van der Waals surface area contributed by atoms with Crippen LogP contribution in [0, 0.1) is 0 Å². The fourth-order valence-corrected chi connectivity index (χ4v) is 3.26. The average molecular weight is 364 g/mol. The Morgan fingerprint density at radius 3 is 2.81 bits per heavy atom. The van der Waals surface area contributed by atoms with Gasteiger partial charge in [-0.1, -0.05) is 18.2 Å². The molecule has 6 heteroatoms. The number of phenols is 1. The van der Waals surface area contributed by atoms with E-state index < -0.39 is 6.17 Å². The zero-order valence-corrected chi connectivity index (χ0v) is 14.9. The van der Waals surface area contributed by atoms with Crippen molar-refractivity contribution >= 4 is 11.6 Å². The minimum Gasteiger partial charge on any atom is -0.504 e. The first-order valence-corrected chi connectivity index (χ1v) is 8.82. The van der Waals surface area contributed by atoms with Crippen LogP contribution in [0.2, 0.25) is 0 Å². The molecular formula is C21H20N2O4. The lowest BCUT2D eigenvalue weighted by Crippen LogP contribution is -2.42. The molecular weight excluding hydrogens is 344 g/mol. The summed E-state index contributed by atoms with van der Waals surface area (Å²) in [5.41, 5.74) is 2.20. The van der Waals surface area contributed by atoms with Gasteiger partial charge in [-0.05, 0) is 48.9 Å². The maximum absolute atomic E-state index is 13.2. The zero-order valence-electron chi connectivity index (χ0n) is 14.9. The second-order valence-electron chi connectivity index (χ2n) is 6.27. The van der Waals surface area contributed by atoms with Gasteiger partial charge >= 0.3 is 0 Å². The number of nitrogens with one attached hydrogen (secondary N) is 1. The second-order valence-corrected chi connectivity index (χ2v) is 6.27. The van der Waals surface area contributed by atoms with Crippen molar-refractivity contribution in [2.45, 2.75) is 19.6 Å². The number of aromatic hydroxyl groups is 1. The van der Waals surface area contributed by atoms with E-state index in [2.05, 4.69) is 5.32 Å². The number of carbonyl (C=O) groups excluding carboxylic acids is 1. The summed E-state index contributed by atoms with van der Waals surface area (Å²) in [4.78, 5) is 14.9. The molecule has 3 aromatic rings. The van der Waals surface area contributed by atoms with Crippen molar-refractivity contribution in [1.29, 1.82) is 0 Å². The number of ether oxygens (including phenoxy) is 1. The normalized spacial score (nSPS) is 16.0. The van der Waals surface area contributed by atoms with Crippen molar-refractivity contribution in [2.24, 2.45) is 0 Å². The molecule has 0 bridgehead atoms. The van der Waals surface area contributed by atoms with Crippen LogP contribution in [-0.2, 0) is 6.54 Å². The molecule has 6 nitrogen and oxygen atoms in total. The largest absolute Gasteiger partial charge is 0.504 e. The Kier molecular flexibility index (Phi) is 4.46. The maximum atomic E-state index is 13.2. The van der Waals surface area contributed by atoms with E-state index in [4.69, 9.17) is 9.15 Å². The summed E-state index contributed by atoms with van der Waals surface area (Å²) in [5.74, 6) is 1.07. The third-order valence-electron chi connectivity index (χ3n) is 4.53. The van der Waals surface area contributed by atoms with E-state index >= 15 is 0 Å². The van der Waals surface area contributed by atoms with Crippen LogP contribution in [0.4, 0.5) is 5.69 Å². The summed E-state index contributed by atoms with van der Waals surface area (Å²) in [6, 6.07) is 16.2. The van der Waals surface area contributed by atoms with E-state index in [1.54, 1.807) is 41.5 Å². The van der Waals surface area contributed by atoms with E-state index in [1.807, 2.05) is 31.2 Å². The Morgan fingerprint density at radius 2 is 2.04 bits per heavy atom. The minimum absolute atomic E-state index is 0.0701. The number of phenolic OH excluding ortho intramolecular Hbond substituents is 1. The molecule has 0 spiro atoms. The molecule has 4 rings (SSSR count). The molecule has 138 valence electrons. The number of benzene rings is 2. The summed E-state index contributed by atoms with van der Waals surface area (Å²) >= 11 is 0. The monoisotopic (exact) mass is 364 g/mol. The molecule has 1 aliphatic rings. The van der Waals surface area contributed by atoms with Crippen LogP contribution >= 0.6 is 0 Å². The van der Waals surface area contributed by atoms with Gasteiger partial charge in [-0.2, -0.15) is 0 Å². The molecule has 0 aliphatic carbocycles. The van der Waals surface area contributed by atoms with Gasteiger partial charge in [0.2, 0.25) is 0 Å². The predicted molar refractivity (Wildman–Crippen MR) is 101 cm³/mol. The number of rotatable bonds is 5. The van der Waals surface area contributed by atoms with Crippen LogP contribution < -0.4 is 10.1 Å². The first kappa shape index (κ1) is 17.0. The summed E-state index contributed by atoms with van der Waals surface area (Å²) in [5, 5.41) is 13.4. The molecule has 0 saturated carbocycles. The van der Waals surface area contributed by atoms with Crippen LogP contribution in [-0.4, -0.2) is 22.5 Å². The molecule has 0 radical (unpaired) electrons. The van der Waals surface area contributed by atoms with Gasteiger partial charge in [0.1, 0.15) is 11.9 Å². The van der Waals surface area contributed by atoms with Crippen molar-refractivity contribution in [2.75, 3.05) is 11.9 Å². The Hall–Kier alpha value is -3.41. The lowest BCUT2D eigenvalue weighted by molar-refractivity contribution is 0.0651. The first-order chi connectivity index (χ1) is 13.2. The number of carbonyl (C=O) groups is 1. The zero-order chi connectivity index (χ0) is 18.8. The Morgan fingerprint density at radius 1 is 1.19 bits per heavy atom. The number of hydrogen-bond acceptors (Lipinski definition) is 5. The molecule has 0 fully saturated rings. The Balaban J connectivity index is 1.76. The number of furan rings is 1. The smallest absolute Gasteiger partial charge is 0.258 e. The van der Waals surface area contributed by atoms with Crippen LogP contribution in [0.15, 0.2) is 65.3 Å². The van der Waals surface area contributed by atoms with Crippen molar-refractivity contribution in [3.63, 3.8) is 0 Å². The molecule has 2 N–H and O–H groups in total. The Bertz CT molecular complexity index is 953. The summed E-state index contributed by atoms with van der Waals surface area (Å²) in [6.07, 6.45) is 1.17. The van der Waals surface area contributed by atoms with Crippen LogP contribution in [0.1, 0.15) is 34.8 Å². The van der Waals surface area contributed by atoms with E-state index in [0.717, 1.165) is 11.3 Å². The lowest BCUT2D eigenvalue weighted by Gasteiger charge is -2.37. The SMILES string of the molecule is CCOc1cc([C@@H]2Nc3ccccc3C(=O)N2Cc2ccco2)ccc1O. The van der Waals surface area contributed by atoms with E-state index in [0.29, 0.717) is 30.2 Å². The molecule has 1 amide bonds. The number of hydrogen-bond donors (Lipinski definition) is 2. The lowest BCUT2D eigenvalue weighted by atomic mass is 10.0. The molecule has 0 saturated heterocycles. The molecule has 2 aromatic carbocycles. The Labute approximate surface area is 157 Å². The summed E-state index contributed by atoms with van der Waals surface area (Å²) in [7, 11) is 0. The number of nitrogens with zero attached hydrogens (tertiary/aromatic N) is 1. The predicted octanol–water partition coefficient (Wildman–Crippen LogP) is 4.15. The summed E-state index contributed by atoms with van der Waals surface area (Å²) in [6.45, 7) is 2.61. The van der Waals surface area contributed by atoms with Gasteiger partial charge < -0.3 is 24.5 Å². The third kappa shape index (κ3) is 3.21. The van der Waals surface area contributed by atoms with Gasteiger partial charge in [0.25, 0.3) is 5.91 Å². The quantitative estimate of drug-likeness (QED) is 0.711. The maximum Gasteiger partial charge on any atom is 0.258 e. The fourth-order valence-electron chi connectivity index (χ4n) is 3.26. The first-order valence-electron chi connectivity index (χ1n) is 8.82. The van der Waals surface area contributed by atoms with Crippen molar-refractivity contribution in [3.8, 4) is 11.5 Å². The highest BCUT2D eigenvalue weighted by molar-refractivity contribution is 6.01. The number of fused-ring (bicyclic) bond motifs is 1. The fraction of sp³-hybridized carbons (Fsp3) is 0.190. The van der Waals surface area contributed by atoms with Gasteiger partial charge in [0.15, 0.2) is 11.5 Å². The molecule has 1 aromatic heterocycles. The topological polar surface area (TPSA) is 74.9 Å². The standard InChI is InChI=1S/C21H20N2O4/c1-2-26-19-12-14(9-10-18(19)24)20-22-17-8-4-3-7-16(17)21(25)23(20)13-15-6-5-11-27-15/h3-12,20,22,24H,2,13H2,1H3/t20-/m1/s1. The van der Waals surface area contributed by atoms with Gasteiger partial charge in [-0.3, -0.25) is 4.79 Å². The second kappa shape index (κ2) is 7.07. The van der Waals surface area contributed by atoms with E-state index in [1.165, 1.54) is 0 Å². The van der Waals surface area contributed by atoms with Crippen molar-refractivity contribution in [3.05, 3.63) is 77.7 Å².